The largest absolute Gasteiger partial charge is 0.466 e. The monoisotopic (exact) mass is 306 g/mol. The molecule has 2 rings (SSSR count). The van der Waals surface area contributed by atoms with Gasteiger partial charge >= 0.3 is 5.97 Å². The molecule has 1 aromatic heterocycles. The molecule has 1 saturated heterocycles. The Kier molecular flexibility index (Phi) is 5.89. The van der Waals surface area contributed by atoms with Crippen LogP contribution in [0.1, 0.15) is 42.2 Å². The van der Waals surface area contributed by atoms with E-state index in [9.17, 15) is 14.7 Å². The van der Waals surface area contributed by atoms with Crippen LogP contribution < -0.4 is 0 Å². The lowest BCUT2D eigenvalue weighted by Crippen LogP contribution is -2.46. The van der Waals surface area contributed by atoms with Crippen molar-refractivity contribution in [1.29, 1.82) is 0 Å². The van der Waals surface area contributed by atoms with Crippen molar-refractivity contribution in [2.24, 2.45) is 0 Å². The molecule has 6 nitrogen and oxygen atoms in total. The van der Waals surface area contributed by atoms with E-state index in [2.05, 4.69) is 4.98 Å². The molecule has 1 atom stereocenters. The molecule has 0 aromatic carbocycles. The van der Waals surface area contributed by atoms with E-state index in [0.29, 0.717) is 24.4 Å². The number of aliphatic hydroxyl groups excluding tert-OH is 1. The number of nitrogens with zero attached hydrogens (tertiary/aromatic N) is 2. The minimum atomic E-state index is -0.396. The van der Waals surface area contributed by atoms with Gasteiger partial charge in [0.25, 0.3) is 5.91 Å². The topological polar surface area (TPSA) is 79.7 Å². The van der Waals surface area contributed by atoms with Gasteiger partial charge in [-0.2, -0.15) is 0 Å². The van der Waals surface area contributed by atoms with Crippen molar-refractivity contribution in [2.45, 2.75) is 38.6 Å². The number of esters is 1. The van der Waals surface area contributed by atoms with Gasteiger partial charge in [0.2, 0.25) is 0 Å². The molecular formula is C16H22N2O4. The number of likely N-dealkylation sites (tertiary alicyclic amines) is 1. The Morgan fingerprint density at radius 1 is 1.45 bits per heavy atom. The van der Waals surface area contributed by atoms with Gasteiger partial charge in [-0.3, -0.25) is 14.6 Å². The number of hydrogen-bond acceptors (Lipinski definition) is 5. The van der Waals surface area contributed by atoms with Crippen LogP contribution in [0.15, 0.2) is 18.3 Å². The van der Waals surface area contributed by atoms with Crippen LogP contribution in [0.2, 0.25) is 0 Å². The number of hydrogen-bond donors (Lipinski definition) is 1. The Labute approximate surface area is 130 Å². The van der Waals surface area contributed by atoms with Crippen molar-refractivity contribution >= 4 is 11.9 Å². The van der Waals surface area contributed by atoms with Crippen LogP contribution in [0.5, 0.6) is 0 Å². The number of carbonyl (C=O) groups excluding carboxylic acids is 2. The molecule has 1 N–H and O–H groups in total. The van der Waals surface area contributed by atoms with Crippen LogP contribution in [0.25, 0.3) is 0 Å². The highest BCUT2D eigenvalue weighted by Crippen LogP contribution is 2.20. The van der Waals surface area contributed by atoms with Gasteiger partial charge in [-0.05, 0) is 38.3 Å². The minimum absolute atomic E-state index is 0.0205. The maximum absolute atomic E-state index is 12.8. The summed E-state index contributed by atoms with van der Waals surface area (Å²) in [6, 6.07) is 3.20. The Hall–Kier alpha value is -1.95. The van der Waals surface area contributed by atoms with E-state index in [1.54, 1.807) is 30.2 Å². The number of aromatic nitrogens is 1. The third kappa shape index (κ3) is 3.82. The third-order valence-corrected chi connectivity index (χ3v) is 3.84. The normalized spacial score (nSPS) is 18.1. The van der Waals surface area contributed by atoms with E-state index in [1.807, 2.05) is 0 Å². The molecule has 6 heteroatoms. The highest BCUT2D eigenvalue weighted by molar-refractivity contribution is 5.96. The molecular weight excluding hydrogens is 284 g/mol. The third-order valence-electron chi connectivity index (χ3n) is 3.84. The van der Waals surface area contributed by atoms with E-state index < -0.39 is 5.97 Å². The van der Waals surface area contributed by atoms with E-state index in [1.165, 1.54) is 0 Å². The highest BCUT2D eigenvalue weighted by atomic mass is 16.5. The summed E-state index contributed by atoms with van der Waals surface area (Å²) >= 11 is 0. The average Bonchev–Trinajstić information content (AvgIpc) is 2.55. The van der Waals surface area contributed by atoms with Crippen molar-refractivity contribution in [3.05, 3.63) is 29.6 Å². The molecule has 1 amide bonds. The van der Waals surface area contributed by atoms with Gasteiger partial charge in [-0.15, -0.1) is 0 Å². The fourth-order valence-electron chi connectivity index (χ4n) is 2.73. The molecule has 2 heterocycles. The van der Waals surface area contributed by atoms with Gasteiger partial charge in [0.1, 0.15) is 0 Å². The summed E-state index contributed by atoms with van der Waals surface area (Å²) in [4.78, 5) is 30.3. The number of amides is 1. The number of piperidine rings is 1. The Morgan fingerprint density at radius 2 is 2.27 bits per heavy atom. The molecule has 1 aliphatic rings. The van der Waals surface area contributed by atoms with Crippen LogP contribution in [0, 0.1) is 0 Å². The lowest BCUT2D eigenvalue weighted by atomic mass is 10.0. The quantitative estimate of drug-likeness (QED) is 0.826. The maximum atomic E-state index is 12.8. The average molecular weight is 306 g/mol. The lowest BCUT2D eigenvalue weighted by Gasteiger charge is -2.35. The molecule has 1 aromatic rings. The van der Waals surface area contributed by atoms with Crippen LogP contribution in [0.4, 0.5) is 0 Å². The summed E-state index contributed by atoms with van der Waals surface area (Å²) in [6.07, 6.45) is 4.28. The molecule has 120 valence electrons. The first kappa shape index (κ1) is 16.4. The van der Waals surface area contributed by atoms with Gasteiger partial charge in [0, 0.05) is 12.7 Å². The highest BCUT2D eigenvalue weighted by Gasteiger charge is 2.28. The van der Waals surface area contributed by atoms with Crippen LogP contribution in [-0.4, -0.2) is 52.7 Å². The van der Waals surface area contributed by atoms with Crippen LogP contribution in [0.3, 0.4) is 0 Å². The summed E-state index contributed by atoms with van der Waals surface area (Å²) in [5, 5.41) is 9.46. The van der Waals surface area contributed by atoms with Gasteiger partial charge in [0.15, 0.2) is 0 Å². The van der Waals surface area contributed by atoms with Gasteiger partial charge in [-0.1, -0.05) is 0 Å². The molecule has 22 heavy (non-hydrogen) atoms. The van der Waals surface area contributed by atoms with E-state index in [0.717, 1.165) is 19.3 Å². The van der Waals surface area contributed by atoms with Gasteiger partial charge in [0.05, 0.1) is 36.9 Å². The van der Waals surface area contributed by atoms with E-state index in [-0.39, 0.29) is 25.0 Å². The molecule has 0 saturated carbocycles. The molecule has 0 bridgehead atoms. The first-order valence-corrected chi connectivity index (χ1v) is 7.68. The van der Waals surface area contributed by atoms with Crippen molar-refractivity contribution < 1.29 is 19.4 Å². The molecule has 0 spiro atoms. The van der Waals surface area contributed by atoms with Crippen molar-refractivity contribution in [3.8, 4) is 0 Å². The molecule has 1 fully saturated rings. The first-order valence-electron chi connectivity index (χ1n) is 7.68. The Bertz CT molecular complexity index is 533. The summed E-state index contributed by atoms with van der Waals surface area (Å²) in [5.74, 6) is -0.571. The Morgan fingerprint density at radius 3 is 3.00 bits per heavy atom. The predicted octanol–water partition coefficient (Wildman–Crippen LogP) is 1.17. The number of ether oxygens (including phenoxy) is 1. The van der Waals surface area contributed by atoms with Crippen LogP contribution in [-0.2, 0) is 16.0 Å². The lowest BCUT2D eigenvalue weighted by molar-refractivity contribution is -0.142. The first-order chi connectivity index (χ1) is 10.7. The van der Waals surface area contributed by atoms with E-state index >= 15 is 0 Å². The Balaban J connectivity index is 2.20. The number of carbonyl (C=O) groups is 2. The fourth-order valence-corrected chi connectivity index (χ4v) is 2.73. The molecule has 0 radical (unpaired) electrons. The summed E-state index contributed by atoms with van der Waals surface area (Å²) in [7, 11) is 0. The number of aliphatic hydroxyl groups is 1. The summed E-state index contributed by atoms with van der Waals surface area (Å²) < 4.78 is 4.92. The zero-order chi connectivity index (χ0) is 15.9. The van der Waals surface area contributed by atoms with Crippen molar-refractivity contribution in [1.82, 2.24) is 9.88 Å². The number of pyridine rings is 1. The second-order valence-corrected chi connectivity index (χ2v) is 5.31. The zero-order valence-corrected chi connectivity index (χ0v) is 12.8. The fraction of sp³-hybridized carbons (Fsp3) is 0.562. The number of rotatable bonds is 5. The van der Waals surface area contributed by atoms with Crippen molar-refractivity contribution in [3.63, 3.8) is 0 Å². The smallest absolute Gasteiger partial charge is 0.311 e. The zero-order valence-electron chi connectivity index (χ0n) is 12.8. The minimum Gasteiger partial charge on any atom is -0.466 e. The van der Waals surface area contributed by atoms with E-state index in [4.69, 9.17) is 4.74 Å². The second-order valence-electron chi connectivity index (χ2n) is 5.31. The molecule has 0 unspecified atom stereocenters. The molecule has 1 aliphatic heterocycles. The summed E-state index contributed by atoms with van der Waals surface area (Å²) in [5.41, 5.74) is 0.837. The second kappa shape index (κ2) is 7.89. The summed E-state index contributed by atoms with van der Waals surface area (Å²) in [6.45, 7) is 2.62. The van der Waals surface area contributed by atoms with Gasteiger partial charge < -0.3 is 14.7 Å². The molecule has 0 aliphatic carbocycles. The predicted molar refractivity (Wildman–Crippen MR) is 80.3 cm³/mol. The standard InChI is InChI=1S/C16H22N2O4/c1-2-22-15(20)10-14-13(7-5-8-17-14)16(21)18-9-4-3-6-12(18)11-19/h5,7-8,12,19H,2-4,6,9-11H2,1H3/t12-/m0/s1. The maximum Gasteiger partial charge on any atom is 0.311 e. The SMILES string of the molecule is CCOC(=O)Cc1ncccc1C(=O)N1CCCC[C@H]1CO. The van der Waals surface area contributed by atoms with Crippen molar-refractivity contribution in [2.75, 3.05) is 19.8 Å². The van der Waals surface area contributed by atoms with Crippen LogP contribution >= 0.6 is 0 Å². The van der Waals surface area contributed by atoms with Gasteiger partial charge in [-0.25, -0.2) is 0 Å².